The summed E-state index contributed by atoms with van der Waals surface area (Å²) >= 11 is 1.72. The van der Waals surface area contributed by atoms with E-state index in [0.717, 1.165) is 10.6 Å². The number of amides is 2. The maximum atomic E-state index is 12.7. The summed E-state index contributed by atoms with van der Waals surface area (Å²) in [4.78, 5) is 13.9. The minimum absolute atomic E-state index is 0.168. The summed E-state index contributed by atoms with van der Waals surface area (Å²) in [5.41, 5.74) is 2.86. The maximum absolute atomic E-state index is 12.7. The molecule has 0 unspecified atom stereocenters. The lowest BCUT2D eigenvalue weighted by Crippen LogP contribution is -2.31. The number of thiophene rings is 1. The molecule has 1 atom stereocenters. The van der Waals surface area contributed by atoms with Gasteiger partial charge in [0.15, 0.2) is 0 Å². The Labute approximate surface area is 169 Å². The number of hydrogen-bond acceptors (Lipinski definition) is 4. The average molecular weight is 400 g/mol. The standard InChI is InChI=1S/C21H25N3O3S/c1-13-15(3)28-20(24-10-6-7-11-24)19(13)14(2)22-21(25)23-17-12-16(26-4)8-9-18(17)27-5/h6-12,14H,1-5H3,(H2,22,23,25)/t14-/m0/s1. The normalized spacial score (nSPS) is 11.8. The van der Waals surface area contributed by atoms with Crippen LogP contribution in [0.2, 0.25) is 0 Å². The van der Waals surface area contributed by atoms with Gasteiger partial charge in [-0.2, -0.15) is 0 Å². The summed E-state index contributed by atoms with van der Waals surface area (Å²) in [6.07, 6.45) is 4.03. The Morgan fingerprint density at radius 3 is 2.50 bits per heavy atom. The molecule has 148 valence electrons. The van der Waals surface area contributed by atoms with Crippen molar-refractivity contribution in [3.8, 4) is 16.5 Å². The van der Waals surface area contributed by atoms with Gasteiger partial charge in [0.25, 0.3) is 0 Å². The van der Waals surface area contributed by atoms with Crippen LogP contribution in [0.1, 0.15) is 29.0 Å². The monoisotopic (exact) mass is 399 g/mol. The van der Waals surface area contributed by atoms with E-state index in [1.165, 1.54) is 10.4 Å². The second-order valence-corrected chi connectivity index (χ2v) is 7.68. The Morgan fingerprint density at radius 2 is 1.86 bits per heavy atom. The van der Waals surface area contributed by atoms with Crippen molar-refractivity contribution in [3.63, 3.8) is 0 Å². The number of ether oxygens (including phenoxy) is 2. The Hall–Kier alpha value is -2.93. The fourth-order valence-corrected chi connectivity index (χ4v) is 4.36. The van der Waals surface area contributed by atoms with Gasteiger partial charge < -0.3 is 24.7 Å². The van der Waals surface area contributed by atoms with Crippen LogP contribution in [0.5, 0.6) is 11.5 Å². The molecule has 0 aliphatic heterocycles. The minimum Gasteiger partial charge on any atom is -0.497 e. The molecule has 1 aromatic carbocycles. The predicted molar refractivity (Wildman–Crippen MR) is 113 cm³/mol. The van der Waals surface area contributed by atoms with Crippen LogP contribution in [0.4, 0.5) is 10.5 Å². The van der Waals surface area contributed by atoms with Crippen LogP contribution in [-0.4, -0.2) is 24.8 Å². The van der Waals surface area contributed by atoms with E-state index >= 15 is 0 Å². The summed E-state index contributed by atoms with van der Waals surface area (Å²) in [5, 5.41) is 7.01. The molecule has 3 rings (SSSR count). The van der Waals surface area contributed by atoms with Gasteiger partial charge in [-0.15, -0.1) is 11.3 Å². The number of nitrogens with zero attached hydrogens (tertiary/aromatic N) is 1. The van der Waals surface area contributed by atoms with E-state index in [4.69, 9.17) is 9.47 Å². The highest BCUT2D eigenvalue weighted by molar-refractivity contribution is 7.14. The molecule has 0 spiro atoms. The van der Waals surface area contributed by atoms with Gasteiger partial charge in [0.2, 0.25) is 0 Å². The first-order valence-corrected chi connectivity index (χ1v) is 9.79. The number of rotatable bonds is 6. The van der Waals surface area contributed by atoms with E-state index in [-0.39, 0.29) is 12.1 Å². The van der Waals surface area contributed by atoms with Crippen molar-refractivity contribution >= 4 is 23.1 Å². The second kappa shape index (κ2) is 8.39. The molecule has 3 aromatic rings. The third kappa shape index (κ3) is 3.99. The molecule has 0 aliphatic carbocycles. The number of urea groups is 1. The molecule has 6 nitrogen and oxygen atoms in total. The molecule has 28 heavy (non-hydrogen) atoms. The SMILES string of the molecule is COc1ccc(OC)c(NC(=O)N[C@@H](C)c2c(-n3cccc3)sc(C)c2C)c1. The fraction of sp³-hybridized carbons (Fsp3) is 0.286. The molecule has 2 heterocycles. The van der Waals surface area contributed by atoms with E-state index in [2.05, 4.69) is 29.0 Å². The highest BCUT2D eigenvalue weighted by atomic mass is 32.1. The number of benzene rings is 1. The van der Waals surface area contributed by atoms with Crippen molar-refractivity contribution < 1.29 is 14.3 Å². The molecule has 7 heteroatoms. The van der Waals surface area contributed by atoms with Crippen LogP contribution in [0.3, 0.4) is 0 Å². The van der Waals surface area contributed by atoms with E-state index in [9.17, 15) is 4.79 Å². The zero-order valence-electron chi connectivity index (χ0n) is 16.7. The molecule has 0 saturated carbocycles. The fourth-order valence-electron chi connectivity index (χ4n) is 3.14. The Kier molecular flexibility index (Phi) is 5.94. The number of aryl methyl sites for hydroxylation is 1. The Bertz CT molecular complexity index is 964. The number of hydrogen-bond donors (Lipinski definition) is 2. The molecule has 0 fully saturated rings. The van der Waals surface area contributed by atoms with Crippen LogP contribution in [-0.2, 0) is 0 Å². The number of methoxy groups -OCH3 is 2. The minimum atomic E-state index is -0.305. The molecular formula is C21H25N3O3S. The first-order chi connectivity index (χ1) is 13.4. The number of nitrogens with one attached hydrogen (secondary N) is 2. The van der Waals surface area contributed by atoms with Crippen LogP contribution >= 0.6 is 11.3 Å². The van der Waals surface area contributed by atoms with Crippen LogP contribution in [0, 0.1) is 13.8 Å². The van der Waals surface area contributed by atoms with E-state index in [1.807, 2.05) is 31.5 Å². The number of anilines is 1. The summed E-state index contributed by atoms with van der Waals surface area (Å²) in [5.74, 6) is 1.21. The first-order valence-electron chi connectivity index (χ1n) is 8.97. The summed E-state index contributed by atoms with van der Waals surface area (Å²) < 4.78 is 12.6. The third-order valence-electron chi connectivity index (χ3n) is 4.69. The van der Waals surface area contributed by atoms with Crippen LogP contribution in [0.15, 0.2) is 42.7 Å². The van der Waals surface area contributed by atoms with E-state index in [0.29, 0.717) is 17.2 Å². The number of carbonyl (C=O) groups excluding carboxylic acids is 1. The van der Waals surface area contributed by atoms with Gasteiger partial charge in [0, 0.05) is 28.9 Å². The number of aromatic nitrogens is 1. The van der Waals surface area contributed by atoms with E-state index < -0.39 is 0 Å². The van der Waals surface area contributed by atoms with Gasteiger partial charge in [-0.05, 0) is 50.6 Å². The quantitative estimate of drug-likeness (QED) is 0.609. The third-order valence-corrected chi connectivity index (χ3v) is 5.92. The molecule has 2 N–H and O–H groups in total. The highest BCUT2D eigenvalue weighted by Crippen LogP contribution is 2.35. The number of carbonyl (C=O) groups is 1. The Balaban J connectivity index is 1.81. The van der Waals surface area contributed by atoms with Crippen molar-refractivity contribution in [2.75, 3.05) is 19.5 Å². The lowest BCUT2D eigenvalue weighted by atomic mass is 10.1. The predicted octanol–water partition coefficient (Wildman–Crippen LogP) is 5.06. The van der Waals surface area contributed by atoms with Crippen molar-refractivity contribution in [2.24, 2.45) is 0 Å². The second-order valence-electron chi connectivity index (χ2n) is 6.48. The molecule has 2 aromatic heterocycles. The zero-order chi connectivity index (χ0) is 20.3. The lowest BCUT2D eigenvalue weighted by molar-refractivity contribution is 0.249. The summed E-state index contributed by atoms with van der Waals surface area (Å²) in [7, 11) is 3.15. The van der Waals surface area contributed by atoms with Crippen molar-refractivity contribution in [3.05, 3.63) is 58.7 Å². The topological polar surface area (TPSA) is 64.5 Å². The smallest absolute Gasteiger partial charge is 0.319 e. The molecule has 2 amide bonds. The maximum Gasteiger partial charge on any atom is 0.319 e. The van der Waals surface area contributed by atoms with Gasteiger partial charge in [-0.25, -0.2) is 4.79 Å². The van der Waals surface area contributed by atoms with Gasteiger partial charge in [-0.3, -0.25) is 0 Å². The zero-order valence-corrected chi connectivity index (χ0v) is 17.5. The molecule has 0 saturated heterocycles. The average Bonchev–Trinajstić information content (AvgIpc) is 3.30. The summed E-state index contributed by atoms with van der Waals surface area (Å²) in [6, 6.07) is 8.79. The molecule has 0 aliphatic rings. The largest absolute Gasteiger partial charge is 0.497 e. The molecule has 0 radical (unpaired) electrons. The molecular weight excluding hydrogens is 374 g/mol. The molecule has 0 bridgehead atoms. The highest BCUT2D eigenvalue weighted by Gasteiger charge is 2.21. The van der Waals surface area contributed by atoms with Gasteiger partial charge in [-0.1, -0.05) is 0 Å². The van der Waals surface area contributed by atoms with E-state index in [1.54, 1.807) is 43.8 Å². The van der Waals surface area contributed by atoms with Crippen molar-refractivity contribution in [1.82, 2.24) is 9.88 Å². The van der Waals surface area contributed by atoms with Crippen LogP contribution in [0.25, 0.3) is 5.00 Å². The van der Waals surface area contributed by atoms with Gasteiger partial charge >= 0.3 is 6.03 Å². The summed E-state index contributed by atoms with van der Waals surface area (Å²) in [6.45, 7) is 6.18. The Morgan fingerprint density at radius 1 is 1.14 bits per heavy atom. The van der Waals surface area contributed by atoms with Crippen molar-refractivity contribution in [2.45, 2.75) is 26.8 Å². The van der Waals surface area contributed by atoms with Gasteiger partial charge in [0.1, 0.15) is 16.5 Å². The van der Waals surface area contributed by atoms with Crippen molar-refractivity contribution in [1.29, 1.82) is 0 Å². The first kappa shape index (κ1) is 19.8. The van der Waals surface area contributed by atoms with Gasteiger partial charge in [0.05, 0.1) is 25.9 Å². The van der Waals surface area contributed by atoms with Crippen LogP contribution < -0.4 is 20.1 Å². The lowest BCUT2D eigenvalue weighted by Gasteiger charge is -2.18.